The van der Waals surface area contributed by atoms with Gasteiger partial charge in [0, 0.05) is 18.0 Å². The van der Waals surface area contributed by atoms with Crippen LogP contribution in [0.3, 0.4) is 0 Å². The van der Waals surface area contributed by atoms with E-state index in [1.54, 1.807) is 31.5 Å². The lowest BCUT2D eigenvalue weighted by molar-refractivity contribution is 0.0659. The Labute approximate surface area is 102 Å². The molecule has 0 aliphatic heterocycles. The lowest BCUT2D eigenvalue weighted by Crippen LogP contribution is -1.94. The molecule has 0 bridgehead atoms. The van der Waals surface area contributed by atoms with E-state index in [9.17, 15) is 4.79 Å². The van der Waals surface area contributed by atoms with E-state index in [2.05, 4.69) is 9.97 Å². The quantitative estimate of drug-likeness (QED) is 0.663. The highest BCUT2D eigenvalue weighted by atomic mass is 32.2. The number of carboxylic acid groups (broad SMARTS) is 1. The van der Waals surface area contributed by atoms with Crippen LogP contribution in [0.25, 0.3) is 0 Å². The third kappa shape index (κ3) is 2.85. The van der Waals surface area contributed by atoms with Gasteiger partial charge in [-0.25, -0.2) is 14.8 Å². The second kappa shape index (κ2) is 5.01. The number of hydrogen-bond donors (Lipinski definition) is 1. The molecule has 0 aromatic carbocycles. The molecule has 2 heterocycles. The number of carbonyl (C=O) groups is 1. The number of aryl methyl sites for hydroxylation is 1. The van der Waals surface area contributed by atoms with Gasteiger partial charge in [0.1, 0.15) is 5.76 Å². The number of carboxylic acids is 1. The van der Waals surface area contributed by atoms with Crippen LogP contribution in [0.15, 0.2) is 34.1 Å². The molecule has 88 valence electrons. The van der Waals surface area contributed by atoms with Crippen molar-refractivity contribution in [2.75, 3.05) is 0 Å². The van der Waals surface area contributed by atoms with Crippen molar-refractivity contribution in [2.45, 2.75) is 17.8 Å². The van der Waals surface area contributed by atoms with Crippen LogP contribution < -0.4 is 0 Å². The summed E-state index contributed by atoms with van der Waals surface area (Å²) in [5, 5.41) is 9.48. The monoisotopic (exact) mass is 250 g/mol. The van der Waals surface area contributed by atoms with Crippen molar-refractivity contribution in [3.8, 4) is 0 Å². The molecule has 0 fully saturated rings. The van der Waals surface area contributed by atoms with Crippen molar-refractivity contribution in [2.24, 2.45) is 0 Å². The first kappa shape index (κ1) is 11.7. The Bertz CT molecular complexity index is 525. The Morgan fingerprint density at radius 2 is 2.18 bits per heavy atom. The summed E-state index contributed by atoms with van der Waals surface area (Å²) in [6.07, 6.45) is 3.32. The number of aromatic nitrogens is 2. The molecule has 5 nitrogen and oxygen atoms in total. The zero-order valence-electron chi connectivity index (χ0n) is 9.08. The smallest absolute Gasteiger partial charge is 0.372 e. The van der Waals surface area contributed by atoms with Crippen LogP contribution in [-0.2, 0) is 5.75 Å². The SMILES string of the molecule is Cc1cc(CSc2ncccn2)oc1C(=O)O. The van der Waals surface area contributed by atoms with Gasteiger partial charge in [-0.3, -0.25) is 0 Å². The third-order valence-electron chi connectivity index (χ3n) is 2.05. The van der Waals surface area contributed by atoms with Crippen LogP contribution in [-0.4, -0.2) is 21.0 Å². The van der Waals surface area contributed by atoms with Crippen molar-refractivity contribution >= 4 is 17.7 Å². The van der Waals surface area contributed by atoms with E-state index in [0.717, 1.165) is 0 Å². The van der Waals surface area contributed by atoms with Crippen molar-refractivity contribution in [1.82, 2.24) is 9.97 Å². The molecule has 6 heteroatoms. The van der Waals surface area contributed by atoms with Crippen molar-refractivity contribution < 1.29 is 14.3 Å². The summed E-state index contributed by atoms with van der Waals surface area (Å²) in [5.74, 6) is 0.0691. The molecule has 0 saturated carbocycles. The Morgan fingerprint density at radius 1 is 1.47 bits per heavy atom. The van der Waals surface area contributed by atoms with Crippen LogP contribution in [0.5, 0.6) is 0 Å². The molecule has 17 heavy (non-hydrogen) atoms. The van der Waals surface area contributed by atoms with E-state index in [1.807, 2.05) is 0 Å². The molecule has 0 atom stereocenters. The molecule has 0 unspecified atom stereocenters. The highest BCUT2D eigenvalue weighted by Crippen LogP contribution is 2.22. The summed E-state index contributed by atoms with van der Waals surface area (Å²) in [6, 6.07) is 3.46. The van der Waals surface area contributed by atoms with Gasteiger partial charge < -0.3 is 9.52 Å². The summed E-state index contributed by atoms with van der Waals surface area (Å²) in [5.41, 5.74) is 0.627. The van der Waals surface area contributed by atoms with Gasteiger partial charge in [0.05, 0.1) is 5.75 Å². The molecule has 2 aromatic rings. The Hall–Kier alpha value is -1.82. The molecule has 0 aliphatic carbocycles. The predicted molar refractivity (Wildman–Crippen MR) is 62.0 cm³/mol. The second-order valence-corrected chi connectivity index (χ2v) is 4.29. The first-order valence-electron chi connectivity index (χ1n) is 4.89. The molecule has 0 amide bonds. The van der Waals surface area contributed by atoms with Gasteiger partial charge in [0.25, 0.3) is 0 Å². The number of hydrogen-bond acceptors (Lipinski definition) is 5. The van der Waals surface area contributed by atoms with Gasteiger partial charge in [0.2, 0.25) is 5.76 Å². The predicted octanol–water partition coefficient (Wildman–Crippen LogP) is 2.37. The molecule has 0 spiro atoms. The molecule has 2 aromatic heterocycles. The highest BCUT2D eigenvalue weighted by Gasteiger charge is 2.14. The maximum atomic E-state index is 10.8. The number of furan rings is 1. The zero-order valence-corrected chi connectivity index (χ0v) is 9.90. The fraction of sp³-hybridized carbons (Fsp3) is 0.182. The molecule has 2 rings (SSSR count). The third-order valence-corrected chi connectivity index (χ3v) is 2.95. The first-order valence-corrected chi connectivity index (χ1v) is 5.88. The van der Waals surface area contributed by atoms with Crippen molar-refractivity contribution in [3.05, 3.63) is 41.6 Å². The lowest BCUT2D eigenvalue weighted by atomic mass is 10.3. The average Bonchev–Trinajstić information content (AvgIpc) is 2.69. The van der Waals surface area contributed by atoms with Gasteiger partial charge in [0.15, 0.2) is 5.16 Å². The minimum atomic E-state index is -1.05. The summed E-state index contributed by atoms with van der Waals surface area (Å²) >= 11 is 1.40. The minimum absolute atomic E-state index is 0.00502. The summed E-state index contributed by atoms with van der Waals surface area (Å²) < 4.78 is 5.22. The Kier molecular flexibility index (Phi) is 3.43. The van der Waals surface area contributed by atoms with Gasteiger partial charge in [-0.2, -0.15) is 0 Å². The lowest BCUT2D eigenvalue weighted by Gasteiger charge is -1.95. The topological polar surface area (TPSA) is 76.2 Å². The van der Waals surface area contributed by atoms with E-state index in [-0.39, 0.29) is 5.76 Å². The molecule has 0 aliphatic rings. The fourth-order valence-corrected chi connectivity index (χ4v) is 2.01. The molecular formula is C11H10N2O3S. The number of aromatic carboxylic acids is 1. The van der Waals surface area contributed by atoms with Crippen molar-refractivity contribution in [1.29, 1.82) is 0 Å². The Morgan fingerprint density at radius 3 is 2.76 bits per heavy atom. The maximum Gasteiger partial charge on any atom is 0.372 e. The largest absolute Gasteiger partial charge is 0.475 e. The molecule has 1 N–H and O–H groups in total. The highest BCUT2D eigenvalue weighted by molar-refractivity contribution is 7.98. The van der Waals surface area contributed by atoms with Crippen LogP contribution >= 0.6 is 11.8 Å². The average molecular weight is 250 g/mol. The number of nitrogens with zero attached hydrogens (tertiary/aromatic N) is 2. The standard InChI is InChI=1S/C11H10N2O3S/c1-7-5-8(16-9(7)10(14)15)6-17-11-12-3-2-4-13-11/h2-5H,6H2,1H3,(H,14,15). The van der Waals surface area contributed by atoms with Crippen LogP contribution in [0.4, 0.5) is 0 Å². The normalized spacial score (nSPS) is 10.4. The zero-order chi connectivity index (χ0) is 12.3. The van der Waals surface area contributed by atoms with Crippen LogP contribution in [0, 0.1) is 6.92 Å². The first-order chi connectivity index (χ1) is 8.16. The Balaban J connectivity index is 2.05. The van der Waals surface area contributed by atoms with Gasteiger partial charge in [-0.1, -0.05) is 11.8 Å². The van der Waals surface area contributed by atoms with E-state index < -0.39 is 5.97 Å². The summed E-state index contributed by atoms with van der Waals surface area (Å²) in [6.45, 7) is 1.71. The summed E-state index contributed by atoms with van der Waals surface area (Å²) in [7, 11) is 0. The van der Waals surface area contributed by atoms with Gasteiger partial charge in [-0.05, 0) is 19.1 Å². The summed E-state index contributed by atoms with van der Waals surface area (Å²) in [4.78, 5) is 18.9. The van der Waals surface area contributed by atoms with Crippen LogP contribution in [0.1, 0.15) is 21.9 Å². The van der Waals surface area contributed by atoms with Crippen LogP contribution in [0.2, 0.25) is 0 Å². The van der Waals surface area contributed by atoms with Gasteiger partial charge in [-0.15, -0.1) is 0 Å². The second-order valence-electron chi connectivity index (χ2n) is 3.35. The fourth-order valence-electron chi connectivity index (χ4n) is 1.33. The van der Waals surface area contributed by atoms with E-state index in [1.165, 1.54) is 11.8 Å². The minimum Gasteiger partial charge on any atom is -0.475 e. The molecule has 0 radical (unpaired) electrons. The number of rotatable bonds is 4. The molecule has 0 saturated heterocycles. The van der Waals surface area contributed by atoms with Crippen molar-refractivity contribution in [3.63, 3.8) is 0 Å². The van der Waals surface area contributed by atoms with E-state index in [4.69, 9.17) is 9.52 Å². The van der Waals surface area contributed by atoms with Gasteiger partial charge >= 0.3 is 5.97 Å². The number of thioether (sulfide) groups is 1. The van der Waals surface area contributed by atoms with E-state index in [0.29, 0.717) is 22.2 Å². The van der Waals surface area contributed by atoms with E-state index >= 15 is 0 Å². The maximum absolute atomic E-state index is 10.8. The molecular weight excluding hydrogens is 240 g/mol.